The van der Waals surface area contributed by atoms with Crippen molar-refractivity contribution in [1.29, 1.82) is 0 Å². The van der Waals surface area contributed by atoms with Crippen molar-refractivity contribution < 1.29 is 13.7 Å². The largest absolute Gasteiger partial charge is 0.269 e. The van der Waals surface area contributed by atoms with Crippen LogP contribution in [0.3, 0.4) is 0 Å². The van der Waals surface area contributed by atoms with E-state index in [0.29, 0.717) is 5.56 Å². The standard InChI is InChI=1S/C12H7F2NO2/c13-11-3-1-2-10(12(11)14)8-4-6-9(7-5-8)15(16)17/h1-7H. The Balaban J connectivity index is 2.47. The molecule has 0 aliphatic carbocycles. The molecule has 86 valence electrons. The van der Waals surface area contributed by atoms with E-state index in [9.17, 15) is 18.9 Å². The van der Waals surface area contributed by atoms with Crippen molar-refractivity contribution in [3.05, 3.63) is 64.2 Å². The maximum Gasteiger partial charge on any atom is 0.269 e. The minimum atomic E-state index is -0.957. The third kappa shape index (κ3) is 2.13. The number of halogens is 2. The average molecular weight is 235 g/mol. The molecule has 2 aromatic carbocycles. The molecule has 0 saturated carbocycles. The lowest BCUT2D eigenvalue weighted by molar-refractivity contribution is -0.384. The van der Waals surface area contributed by atoms with Gasteiger partial charge in [0.25, 0.3) is 5.69 Å². The number of hydrogen-bond acceptors (Lipinski definition) is 2. The van der Waals surface area contributed by atoms with Crippen LogP contribution in [0.25, 0.3) is 11.1 Å². The highest BCUT2D eigenvalue weighted by Crippen LogP contribution is 2.26. The number of benzene rings is 2. The minimum Gasteiger partial charge on any atom is -0.258 e. The second-order valence-corrected chi connectivity index (χ2v) is 3.41. The first kappa shape index (κ1) is 11.2. The molecule has 0 aromatic heterocycles. The summed E-state index contributed by atoms with van der Waals surface area (Å²) in [4.78, 5) is 9.89. The Bertz CT molecular complexity index is 567. The SMILES string of the molecule is O=[N+]([O-])c1ccc(-c2cccc(F)c2F)cc1. The van der Waals surface area contributed by atoms with Crippen LogP contribution in [-0.2, 0) is 0 Å². The van der Waals surface area contributed by atoms with Crippen LogP contribution < -0.4 is 0 Å². The van der Waals surface area contributed by atoms with E-state index in [0.717, 1.165) is 6.07 Å². The van der Waals surface area contributed by atoms with E-state index in [4.69, 9.17) is 0 Å². The number of rotatable bonds is 2. The number of hydrogen-bond donors (Lipinski definition) is 0. The molecule has 0 aliphatic heterocycles. The van der Waals surface area contributed by atoms with Gasteiger partial charge in [0.05, 0.1) is 4.92 Å². The van der Waals surface area contributed by atoms with Crippen molar-refractivity contribution in [1.82, 2.24) is 0 Å². The van der Waals surface area contributed by atoms with E-state index in [1.54, 1.807) is 0 Å². The Kier molecular flexibility index (Phi) is 2.82. The summed E-state index contributed by atoms with van der Waals surface area (Å²) < 4.78 is 26.4. The Labute approximate surface area is 95.5 Å². The lowest BCUT2D eigenvalue weighted by Gasteiger charge is -2.03. The van der Waals surface area contributed by atoms with Crippen LogP contribution in [0.1, 0.15) is 0 Å². The van der Waals surface area contributed by atoms with Gasteiger partial charge in [-0.1, -0.05) is 12.1 Å². The maximum atomic E-state index is 13.4. The molecule has 0 saturated heterocycles. The number of nitro benzene ring substituents is 1. The molecule has 2 aromatic rings. The lowest BCUT2D eigenvalue weighted by atomic mass is 10.0. The van der Waals surface area contributed by atoms with Gasteiger partial charge in [-0.2, -0.15) is 0 Å². The Morgan fingerprint density at radius 1 is 1.00 bits per heavy atom. The number of non-ortho nitro benzene ring substituents is 1. The summed E-state index contributed by atoms with van der Waals surface area (Å²) in [7, 11) is 0. The average Bonchev–Trinajstić information content (AvgIpc) is 2.33. The normalized spacial score (nSPS) is 10.2. The highest BCUT2D eigenvalue weighted by Gasteiger charge is 2.11. The summed E-state index contributed by atoms with van der Waals surface area (Å²) in [5, 5.41) is 10.4. The van der Waals surface area contributed by atoms with Crippen LogP contribution in [0, 0.1) is 21.7 Å². The van der Waals surface area contributed by atoms with Crippen LogP contribution in [0.15, 0.2) is 42.5 Å². The zero-order valence-corrected chi connectivity index (χ0v) is 8.56. The summed E-state index contributed by atoms with van der Waals surface area (Å²) >= 11 is 0. The van der Waals surface area contributed by atoms with Gasteiger partial charge in [-0.05, 0) is 23.8 Å². The van der Waals surface area contributed by atoms with E-state index in [1.165, 1.54) is 36.4 Å². The van der Waals surface area contributed by atoms with Gasteiger partial charge in [0.15, 0.2) is 11.6 Å². The van der Waals surface area contributed by atoms with E-state index < -0.39 is 16.6 Å². The summed E-state index contributed by atoms with van der Waals surface area (Å²) in [6, 6.07) is 9.09. The summed E-state index contributed by atoms with van der Waals surface area (Å²) in [5.74, 6) is -1.90. The fourth-order valence-corrected chi connectivity index (χ4v) is 1.49. The molecule has 0 heterocycles. The zero-order chi connectivity index (χ0) is 12.4. The van der Waals surface area contributed by atoms with Crippen LogP contribution >= 0.6 is 0 Å². The van der Waals surface area contributed by atoms with Crippen molar-refractivity contribution in [3.63, 3.8) is 0 Å². The van der Waals surface area contributed by atoms with Gasteiger partial charge in [-0.3, -0.25) is 10.1 Å². The van der Waals surface area contributed by atoms with Crippen LogP contribution in [0.2, 0.25) is 0 Å². The molecule has 2 rings (SSSR count). The van der Waals surface area contributed by atoms with Gasteiger partial charge in [0, 0.05) is 17.7 Å². The molecule has 0 bridgehead atoms. The van der Waals surface area contributed by atoms with Gasteiger partial charge in [-0.15, -0.1) is 0 Å². The smallest absolute Gasteiger partial charge is 0.258 e. The minimum absolute atomic E-state index is 0.0832. The van der Waals surface area contributed by atoms with Gasteiger partial charge in [0.2, 0.25) is 0 Å². The molecule has 0 aliphatic rings. The molecule has 0 unspecified atom stereocenters. The summed E-state index contributed by atoms with van der Waals surface area (Å²) in [5.41, 5.74) is 0.387. The fraction of sp³-hybridized carbons (Fsp3) is 0. The van der Waals surface area contributed by atoms with Crippen molar-refractivity contribution in [2.75, 3.05) is 0 Å². The first-order valence-electron chi connectivity index (χ1n) is 4.78. The molecule has 0 radical (unpaired) electrons. The predicted octanol–water partition coefficient (Wildman–Crippen LogP) is 3.54. The number of nitrogens with zero attached hydrogens (tertiary/aromatic N) is 1. The monoisotopic (exact) mass is 235 g/mol. The van der Waals surface area contributed by atoms with Gasteiger partial charge in [0.1, 0.15) is 0 Å². The lowest BCUT2D eigenvalue weighted by Crippen LogP contribution is -1.90. The third-order valence-corrected chi connectivity index (χ3v) is 2.34. The maximum absolute atomic E-state index is 13.4. The molecule has 5 heteroatoms. The van der Waals surface area contributed by atoms with E-state index >= 15 is 0 Å². The molecule has 0 N–H and O–H groups in total. The molecule has 0 spiro atoms. The first-order chi connectivity index (χ1) is 8.09. The van der Waals surface area contributed by atoms with Crippen molar-refractivity contribution in [3.8, 4) is 11.1 Å². The molecule has 0 atom stereocenters. The van der Waals surface area contributed by atoms with Gasteiger partial charge < -0.3 is 0 Å². The topological polar surface area (TPSA) is 43.1 Å². The van der Waals surface area contributed by atoms with E-state index in [2.05, 4.69) is 0 Å². The Morgan fingerprint density at radius 2 is 1.65 bits per heavy atom. The first-order valence-corrected chi connectivity index (χ1v) is 4.78. The van der Waals surface area contributed by atoms with E-state index in [-0.39, 0.29) is 11.3 Å². The predicted molar refractivity (Wildman–Crippen MR) is 58.4 cm³/mol. The third-order valence-electron chi connectivity index (χ3n) is 2.34. The zero-order valence-electron chi connectivity index (χ0n) is 8.56. The fourth-order valence-electron chi connectivity index (χ4n) is 1.49. The second kappa shape index (κ2) is 4.29. The van der Waals surface area contributed by atoms with Crippen molar-refractivity contribution in [2.24, 2.45) is 0 Å². The van der Waals surface area contributed by atoms with Crippen LogP contribution in [-0.4, -0.2) is 4.92 Å². The van der Waals surface area contributed by atoms with Crippen LogP contribution in [0.5, 0.6) is 0 Å². The number of nitro groups is 1. The Morgan fingerprint density at radius 3 is 2.24 bits per heavy atom. The van der Waals surface area contributed by atoms with Gasteiger partial charge in [-0.25, -0.2) is 8.78 Å². The van der Waals surface area contributed by atoms with Crippen molar-refractivity contribution in [2.45, 2.75) is 0 Å². The quantitative estimate of drug-likeness (QED) is 0.590. The molecular weight excluding hydrogens is 228 g/mol. The second-order valence-electron chi connectivity index (χ2n) is 3.41. The summed E-state index contributed by atoms with van der Waals surface area (Å²) in [6.45, 7) is 0. The van der Waals surface area contributed by atoms with E-state index in [1.807, 2.05) is 0 Å². The highest BCUT2D eigenvalue weighted by atomic mass is 19.2. The molecule has 0 amide bonds. The van der Waals surface area contributed by atoms with Crippen molar-refractivity contribution >= 4 is 5.69 Å². The summed E-state index contributed by atoms with van der Waals surface area (Å²) in [6.07, 6.45) is 0. The molecule has 0 fully saturated rings. The van der Waals surface area contributed by atoms with Gasteiger partial charge >= 0.3 is 0 Å². The Hall–Kier alpha value is -2.30. The molecule has 17 heavy (non-hydrogen) atoms. The molecule has 3 nitrogen and oxygen atoms in total. The molecular formula is C12H7F2NO2. The van der Waals surface area contributed by atoms with Crippen LogP contribution in [0.4, 0.5) is 14.5 Å². The highest BCUT2D eigenvalue weighted by molar-refractivity contribution is 5.65.